The molecule has 0 amide bonds. The van der Waals surface area contributed by atoms with Crippen LogP contribution >= 0.6 is 0 Å². The van der Waals surface area contributed by atoms with Gasteiger partial charge >= 0.3 is 0 Å². The molecule has 0 radical (unpaired) electrons. The Hall–Kier alpha value is -2.16. The summed E-state index contributed by atoms with van der Waals surface area (Å²) in [5.41, 5.74) is 0. The lowest BCUT2D eigenvalue weighted by Crippen LogP contribution is -1.92. The molecule has 0 atom stereocenters. The van der Waals surface area contributed by atoms with Crippen molar-refractivity contribution in [1.29, 1.82) is 0 Å². The molecule has 1 aromatic carbocycles. The van der Waals surface area contributed by atoms with Crippen molar-refractivity contribution in [2.75, 3.05) is 0 Å². The first-order chi connectivity index (χ1) is 7.33. The normalized spacial score (nSPS) is 8.80. The predicted octanol–water partition coefficient (Wildman–Crippen LogP) is 3.25. The zero-order chi connectivity index (χ0) is 11.1. The maximum absolute atomic E-state index is 5.19. The summed E-state index contributed by atoms with van der Waals surface area (Å²) in [5.74, 6) is 1.45. The molecule has 0 N–H and O–H groups in total. The summed E-state index contributed by atoms with van der Waals surface area (Å²) in [5, 5.41) is 0. The number of hydrogen-bond donors (Lipinski definition) is 0. The largest absolute Gasteiger partial charge is 0.462 e. The Morgan fingerprint density at radius 1 is 0.800 bits per heavy atom. The molecule has 78 valence electrons. The van der Waals surface area contributed by atoms with E-state index in [0.717, 1.165) is 0 Å². The van der Waals surface area contributed by atoms with Gasteiger partial charge in [-0.25, -0.2) is 0 Å². The molecule has 0 fully saturated rings. The summed E-state index contributed by atoms with van der Waals surface area (Å²) in [4.78, 5) is 0. The molecule has 0 aliphatic rings. The van der Waals surface area contributed by atoms with Crippen LogP contribution in [0.4, 0.5) is 0 Å². The number of benzene rings is 1. The molecule has 0 saturated heterocycles. The fourth-order valence-electron chi connectivity index (χ4n) is 1.06. The Labute approximate surface area is 88.9 Å². The topological polar surface area (TPSA) is 27.7 Å². The van der Waals surface area contributed by atoms with Crippen LogP contribution in [0.25, 0.3) is 0 Å². The third kappa shape index (κ3) is 2.64. The second-order valence-corrected chi connectivity index (χ2v) is 2.44. The van der Waals surface area contributed by atoms with E-state index in [4.69, 9.17) is 14.2 Å². The second-order valence-electron chi connectivity index (χ2n) is 2.44. The van der Waals surface area contributed by atoms with E-state index in [2.05, 4.69) is 19.7 Å². The highest BCUT2D eigenvalue weighted by Gasteiger charge is 2.10. The molecular formula is C12H12O3. The summed E-state index contributed by atoms with van der Waals surface area (Å²) in [6, 6.07) is 5.24. The first kappa shape index (κ1) is 10.9. The highest BCUT2D eigenvalue weighted by atomic mass is 16.5. The van der Waals surface area contributed by atoms with E-state index in [1.165, 1.54) is 18.8 Å². The van der Waals surface area contributed by atoms with Gasteiger partial charge in [-0.2, -0.15) is 0 Å². The van der Waals surface area contributed by atoms with Crippen LogP contribution in [0.15, 0.2) is 56.7 Å². The Kier molecular flexibility index (Phi) is 4.04. The van der Waals surface area contributed by atoms with Crippen LogP contribution in [0.3, 0.4) is 0 Å². The second kappa shape index (κ2) is 5.54. The quantitative estimate of drug-likeness (QED) is 0.665. The molecule has 0 aromatic heterocycles. The molecule has 3 nitrogen and oxygen atoms in total. The number of rotatable bonds is 6. The smallest absolute Gasteiger partial charge is 0.211 e. The highest BCUT2D eigenvalue weighted by Crippen LogP contribution is 2.37. The van der Waals surface area contributed by atoms with Gasteiger partial charge in [-0.3, -0.25) is 0 Å². The van der Waals surface area contributed by atoms with Gasteiger partial charge < -0.3 is 14.2 Å². The molecular weight excluding hydrogens is 192 g/mol. The van der Waals surface area contributed by atoms with Crippen molar-refractivity contribution in [2.24, 2.45) is 0 Å². The van der Waals surface area contributed by atoms with Crippen LogP contribution in [0.2, 0.25) is 0 Å². The summed E-state index contributed by atoms with van der Waals surface area (Å²) in [6.07, 6.45) is 3.91. The maximum atomic E-state index is 5.19. The number of ether oxygens (including phenoxy) is 3. The van der Waals surface area contributed by atoms with Crippen molar-refractivity contribution >= 4 is 0 Å². The van der Waals surface area contributed by atoms with Crippen LogP contribution in [0.1, 0.15) is 0 Å². The Morgan fingerprint density at radius 3 is 1.67 bits per heavy atom. The van der Waals surface area contributed by atoms with Gasteiger partial charge in [-0.15, -0.1) is 0 Å². The van der Waals surface area contributed by atoms with Gasteiger partial charge in [-0.1, -0.05) is 25.8 Å². The van der Waals surface area contributed by atoms with E-state index in [0.29, 0.717) is 17.2 Å². The maximum Gasteiger partial charge on any atom is 0.211 e. The van der Waals surface area contributed by atoms with E-state index in [-0.39, 0.29) is 0 Å². The monoisotopic (exact) mass is 204 g/mol. The van der Waals surface area contributed by atoms with Crippen molar-refractivity contribution in [3.8, 4) is 17.2 Å². The molecule has 1 aromatic rings. The van der Waals surface area contributed by atoms with Gasteiger partial charge in [0.05, 0.1) is 18.8 Å². The first-order valence-corrected chi connectivity index (χ1v) is 4.29. The molecule has 0 spiro atoms. The third-order valence-corrected chi connectivity index (χ3v) is 1.56. The molecule has 0 bridgehead atoms. The third-order valence-electron chi connectivity index (χ3n) is 1.56. The molecule has 15 heavy (non-hydrogen) atoms. The summed E-state index contributed by atoms with van der Waals surface area (Å²) in [7, 11) is 0. The molecule has 0 aliphatic carbocycles. The van der Waals surface area contributed by atoms with Gasteiger partial charge in [0.25, 0.3) is 0 Å². The van der Waals surface area contributed by atoms with Crippen LogP contribution in [-0.2, 0) is 0 Å². The highest BCUT2D eigenvalue weighted by molar-refractivity contribution is 5.52. The fraction of sp³-hybridized carbons (Fsp3) is 0. The Bertz CT molecular complexity index is 341. The average molecular weight is 204 g/mol. The van der Waals surface area contributed by atoms with Crippen LogP contribution < -0.4 is 14.2 Å². The standard InChI is InChI=1S/C12H12O3/c1-4-13-10-8-7-9-11(14-5-2)12(10)15-6-3/h4-9H,1-3H2. The molecule has 1 rings (SSSR count). The molecule has 0 saturated carbocycles. The lowest BCUT2D eigenvalue weighted by Gasteiger charge is -2.10. The molecule has 0 unspecified atom stereocenters. The SMILES string of the molecule is C=COc1cccc(OC=C)c1OC=C. The lowest BCUT2D eigenvalue weighted by atomic mass is 10.3. The Morgan fingerprint density at radius 2 is 1.27 bits per heavy atom. The summed E-state index contributed by atoms with van der Waals surface area (Å²) < 4.78 is 15.5. The zero-order valence-electron chi connectivity index (χ0n) is 8.31. The van der Waals surface area contributed by atoms with Crippen LogP contribution in [0, 0.1) is 0 Å². The summed E-state index contributed by atoms with van der Waals surface area (Å²) in [6.45, 7) is 10.4. The zero-order valence-corrected chi connectivity index (χ0v) is 8.31. The van der Waals surface area contributed by atoms with E-state index in [9.17, 15) is 0 Å². The van der Waals surface area contributed by atoms with Crippen LogP contribution in [0.5, 0.6) is 17.2 Å². The van der Waals surface area contributed by atoms with E-state index < -0.39 is 0 Å². The van der Waals surface area contributed by atoms with Crippen molar-refractivity contribution in [3.05, 3.63) is 56.7 Å². The van der Waals surface area contributed by atoms with Gasteiger partial charge in [0.1, 0.15) is 0 Å². The number of hydrogen-bond acceptors (Lipinski definition) is 3. The van der Waals surface area contributed by atoms with Crippen LogP contribution in [-0.4, -0.2) is 0 Å². The van der Waals surface area contributed by atoms with Crippen molar-refractivity contribution < 1.29 is 14.2 Å². The molecule has 3 heteroatoms. The van der Waals surface area contributed by atoms with E-state index in [1.54, 1.807) is 18.2 Å². The minimum Gasteiger partial charge on any atom is -0.462 e. The Balaban J connectivity index is 3.13. The minimum atomic E-state index is 0.437. The lowest BCUT2D eigenvalue weighted by molar-refractivity contribution is 0.386. The fourth-order valence-corrected chi connectivity index (χ4v) is 1.06. The van der Waals surface area contributed by atoms with Gasteiger partial charge in [0.2, 0.25) is 5.75 Å². The van der Waals surface area contributed by atoms with E-state index >= 15 is 0 Å². The molecule has 0 heterocycles. The van der Waals surface area contributed by atoms with Crippen molar-refractivity contribution in [3.63, 3.8) is 0 Å². The van der Waals surface area contributed by atoms with Gasteiger partial charge in [-0.05, 0) is 12.1 Å². The van der Waals surface area contributed by atoms with Crippen molar-refractivity contribution in [2.45, 2.75) is 0 Å². The van der Waals surface area contributed by atoms with Crippen molar-refractivity contribution in [1.82, 2.24) is 0 Å². The van der Waals surface area contributed by atoms with Gasteiger partial charge in [0, 0.05) is 0 Å². The minimum absolute atomic E-state index is 0.437. The van der Waals surface area contributed by atoms with Gasteiger partial charge in [0.15, 0.2) is 11.5 Å². The summed E-state index contributed by atoms with van der Waals surface area (Å²) >= 11 is 0. The number of para-hydroxylation sites is 1. The van der Waals surface area contributed by atoms with E-state index in [1.807, 2.05) is 0 Å². The first-order valence-electron chi connectivity index (χ1n) is 4.29. The molecule has 0 aliphatic heterocycles. The average Bonchev–Trinajstić information content (AvgIpc) is 2.23. The predicted molar refractivity (Wildman–Crippen MR) is 58.9 cm³/mol.